The van der Waals surface area contributed by atoms with Crippen LogP contribution in [0.3, 0.4) is 0 Å². The van der Waals surface area contributed by atoms with Crippen LogP contribution in [0, 0.1) is 0 Å². The maximum Gasteiger partial charge on any atom is 0.414 e. The summed E-state index contributed by atoms with van der Waals surface area (Å²) in [6.07, 6.45) is 58.2. The molecule has 0 radical (unpaired) electrons. The second-order valence-electron chi connectivity index (χ2n) is 34.7. The monoisotopic (exact) mass is 1630 g/mol. The van der Waals surface area contributed by atoms with Crippen molar-refractivity contribution in [3.05, 3.63) is 166 Å². The molecule has 0 spiro atoms. The Balaban J connectivity index is -0.00000125. The average Bonchev–Trinajstić information content (AvgIpc) is 1.64. The summed E-state index contributed by atoms with van der Waals surface area (Å²) in [7, 11) is 0. The lowest BCUT2D eigenvalue weighted by atomic mass is 9.98. The molecule has 1 aromatic rings. The fourth-order valence-electron chi connectivity index (χ4n) is 11.9. The van der Waals surface area contributed by atoms with Crippen LogP contribution in [0.2, 0.25) is 0 Å². The number of carbonyl (C=O) groups is 6. The first-order valence-corrected chi connectivity index (χ1v) is 44.5. The Bertz CT molecular complexity index is 3270. The van der Waals surface area contributed by atoms with E-state index in [0.717, 1.165) is 145 Å². The lowest BCUT2D eigenvalue weighted by Gasteiger charge is -2.31. The lowest BCUT2D eigenvalue weighted by molar-refractivity contribution is 0.0286. The molecule has 0 saturated heterocycles. The molecule has 0 atom stereocenters. The Morgan fingerprint density at radius 1 is 0.462 bits per heavy atom. The number of aliphatic hydroxyl groups excluding tert-OH is 1. The number of hydrogen-bond donors (Lipinski definition) is 2. The number of rotatable bonds is 20. The molecule has 0 saturated carbocycles. The predicted molar refractivity (Wildman–Crippen MR) is 494 cm³/mol. The number of ether oxygens (including phenoxy) is 4. The molecule has 0 bridgehead atoms. The van der Waals surface area contributed by atoms with E-state index >= 15 is 0 Å². The molecule has 17 nitrogen and oxygen atoms in total. The van der Waals surface area contributed by atoms with Crippen LogP contribution in [0.1, 0.15) is 395 Å². The maximum atomic E-state index is 12.0. The van der Waals surface area contributed by atoms with Gasteiger partial charge in [0.1, 0.15) is 22.4 Å². The highest BCUT2D eigenvalue weighted by Crippen LogP contribution is 2.27. The van der Waals surface area contributed by atoms with Crippen LogP contribution in [-0.4, -0.2) is 132 Å². The number of aliphatic hydroxyl groups is 2. The summed E-state index contributed by atoms with van der Waals surface area (Å²) in [5.74, 6) is -0.472. The molecule has 1 aromatic carbocycles. The van der Waals surface area contributed by atoms with Gasteiger partial charge < -0.3 is 29.2 Å². The average molecular weight is 1640 g/mol. The van der Waals surface area contributed by atoms with E-state index in [1.54, 1.807) is 56.8 Å². The van der Waals surface area contributed by atoms with Crippen molar-refractivity contribution in [2.24, 2.45) is 0 Å². The summed E-state index contributed by atoms with van der Waals surface area (Å²) < 4.78 is 21.3. The molecule has 6 amide bonds. The zero-order valence-corrected chi connectivity index (χ0v) is 79.7. The maximum absolute atomic E-state index is 12.0. The largest absolute Gasteiger partial charge is 0.443 e. The highest BCUT2D eigenvalue weighted by molar-refractivity contribution is 6.22. The van der Waals surface area contributed by atoms with Crippen molar-refractivity contribution in [2.75, 3.05) is 32.8 Å². The van der Waals surface area contributed by atoms with E-state index in [1.165, 1.54) is 91.4 Å². The van der Waals surface area contributed by atoms with Gasteiger partial charge in [0.05, 0.1) is 23.3 Å². The van der Waals surface area contributed by atoms with Gasteiger partial charge in [-0.2, -0.15) is 0 Å². The second-order valence-corrected chi connectivity index (χ2v) is 34.7. The van der Waals surface area contributed by atoms with Gasteiger partial charge in [0.2, 0.25) is 0 Å². The van der Waals surface area contributed by atoms with Crippen LogP contribution >= 0.6 is 0 Å². The van der Waals surface area contributed by atoms with Crippen molar-refractivity contribution in [2.45, 2.75) is 402 Å². The molecule has 5 aliphatic heterocycles. The number of nitrogens with zero attached hydrogens (tertiary/aromatic N) is 5. The number of hydrogen-bond acceptors (Lipinski definition) is 12. The lowest BCUT2D eigenvalue weighted by Crippen LogP contribution is -2.38. The van der Waals surface area contributed by atoms with Crippen LogP contribution in [0.4, 0.5) is 19.2 Å². The standard InChI is InChI=1S/C13H23NO2.C12H11NO2.2C12H21NO2.C11H22O.C11H20.C10H17NO3.C8H14.C6H12.C5H10/c1-5-8-11-9-6-7-10-14(11)12(15)16-13(2,3)4;1-2-3-8-13-11(14)9-6-4-5-7-10(9)12(13)15;1-5-10-7-6-8-13(9-10)11(14)15-12(2,3)4;1-5-10-8-6-7-9-13(10)11(14)15-12(2,3)4;1-5-7-10(2)8-6-9-11(3,4)12;1-5-7-11(4)9-6-8-10(2)3;1-10(2,3)14-9(13)11-6-4-5-8(11)7-12;1-2-8-6-4-3-5-7-8;1-3-5-6-4-2;1-3-5-4-2/h9H,5-8,10H2,1-4H3;3-8H,2H2,1H3;9H,5-8H2,1-4H3;8H,5-7,9H2,1-4H3;7,12H,5-6,8-9H2,1-4H3;7-8H,5-6,9H2,1-4H3;5,12H,4,6-7H2,1-3H3;6H,2-5,7H2,1H3;5-6H,3-4H2,1-2H3;3,5H,4H2,1-2H3/b;8-3+;;;10-7+;11-7+;;;6-5+;5-3+. The summed E-state index contributed by atoms with van der Waals surface area (Å²) in [4.78, 5) is 78.5. The summed E-state index contributed by atoms with van der Waals surface area (Å²) in [5, 5.41) is 18.4. The van der Waals surface area contributed by atoms with Crippen molar-refractivity contribution < 1.29 is 57.9 Å². The van der Waals surface area contributed by atoms with Crippen LogP contribution in [-0.2, 0) is 18.9 Å². The van der Waals surface area contributed by atoms with E-state index in [0.29, 0.717) is 23.4 Å². The summed E-state index contributed by atoms with van der Waals surface area (Å²) in [6, 6.07) is 6.87. The van der Waals surface area contributed by atoms with Crippen LogP contribution < -0.4 is 0 Å². The normalized spacial score (nSPS) is 15.5. The van der Waals surface area contributed by atoms with E-state index in [2.05, 4.69) is 151 Å². The topological polar surface area (TPSA) is 196 Å². The van der Waals surface area contributed by atoms with Gasteiger partial charge in [-0.25, -0.2) is 24.1 Å². The minimum Gasteiger partial charge on any atom is -0.443 e. The summed E-state index contributed by atoms with van der Waals surface area (Å²) in [5.41, 5.74) is 9.02. The highest BCUT2D eigenvalue weighted by Gasteiger charge is 2.34. The Labute approximate surface area is 715 Å². The molecular formula is C100H171N5O12. The SMILES string of the molecule is C/C=C/CC.CC(C)(C)OC(=O)N1CCC=C1CO.CC/C=C(\C)CCC=C(C)C.CC/C=C(\C)CCCC(C)(C)O.CC/C=C/CC.CC/C=C/N1C(=O)c2ccccc2C1=O.CCC1=CCCCC1.CCC1=CCCCN1C(=O)OC(C)(C)C.CCC1=CN(C(=O)OC(C)(C)C)CCC1.CCCC1=CCCCN1C(=O)OC(C)(C)C. The first-order chi connectivity index (χ1) is 54.9. The van der Waals surface area contributed by atoms with E-state index in [9.17, 15) is 33.9 Å². The molecule has 6 aliphatic rings. The molecule has 0 aromatic heterocycles. The fourth-order valence-corrected chi connectivity index (χ4v) is 11.9. The minimum absolute atomic E-state index is 0.112. The number of amides is 6. The molecule has 2 N–H and O–H groups in total. The smallest absolute Gasteiger partial charge is 0.414 e. The molecule has 117 heavy (non-hydrogen) atoms. The van der Waals surface area contributed by atoms with E-state index < -0.39 is 28.0 Å². The molecule has 0 fully saturated rings. The van der Waals surface area contributed by atoms with E-state index in [1.807, 2.05) is 123 Å². The fraction of sp³-hybridized carbons (Fsp3) is 0.660. The van der Waals surface area contributed by atoms with Gasteiger partial charge in [0.15, 0.2) is 0 Å². The van der Waals surface area contributed by atoms with Gasteiger partial charge in [0.25, 0.3) is 11.8 Å². The first kappa shape index (κ1) is 114. The number of carbonyl (C=O) groups excluding carboxylic acids is 6. The molecule has 668 valence electrons. The molecule has 17 heteroatoms. The predicted octanol–water partition coefficient (Wildman–Crippen LogP) is 28.6. The minimum atomic E-state index is -0.494. The van der Waals surface area contributed by atoms with Gasteiger partial charge in [-0.05, 0) is 311 Å². The number of imide groups is 1. The summed E-state index contributed by atoms with van der Waals surface area (Å²) in [6.45, 7) is 61.1. The van der Waals surface area contributed by atoms with Gasteiger partial charge in [-0.3, -0.25) is 29.2 Å². The quantitative estimate of drug-likeness (QED) is 0.0713. The molecule has 0 unspecified atom stereocenters. The van der Waals surface area contributed by atoms with Gasteiger partial charge in [0, 0.05) is 55.7 Å². The van der Waals surface area contributed by atoms with Crippen molar-refractivity contribution >= 4 is 36.2 Å². The Kier molecular flexibility index (Phi) is 62.6. The van der Waals surface area contributed by atoms with Gasteiger partial charge in [-0.15, -0.1) is 0 Å². The number of fused-ring (bicyclic) bond motifs is 1. The van der Waals surface area contributed by atoms with Gasteiger partial charge >= 0.3 is 24.4 Å². The number of allylic oxidation sites excluding steroid dienone is 18. The van der Waals surface area contributed by atoms with E-state index in [4.69, 9.17) is 24.1 Å². The molecular weight excluding hydrogens is 1460 g/mol. The third-order valence-electron chi connectivity index (χ3n) is 17.7. The zero-order chi connectivity index (χ0) is 89.8. The van der Waals surface area contributed by atoms with Crippen molar-refractivity contribution in [1.29, 1.82) is 0 Å². The molecule has 5 heterocycles. The number of benzene rings is 1. The van der Waals surface area contributed by atoms with E-state index in [-0.39, 0.29) is 42.8 Å². The molecule has 7 rings (SSSR count). The third-order valence-corrected chi connectivity index (χ3v) is 17.7. The Morgan fingerprint density at radius 2 is 0.897 bits per heavy atom. The zero-order valence-electron chi connectivity index (χ0n) is 79.7. The van der Waals surface area contributed by atoms with Crippen LogP contribution in [0.5, 0.6) is 0 Å². The first-order valence-electron chi connectivity index (χ1n) is 44.5. The second kappa shape index (κ2) is 64.4. The summed E-state index contributed by atoms with van der Waals surface area (Å²) >= 11 is 0. The van der Waals surface area contributed by atoms with Crippen molar-refractivity contribution in [3.63, 3.8) is 0 Å². The third kappa shape index (κ3) is 58.9. The Morgan fingerprint density at radius 3 is 1.28 bits per heavy atom. The molecule has 1 aliphatic carbocycles. The van der Waals surface area contributed by atoms with Crippen molar-refractivity contribution in [3.8, 4) is 0 Å². The highest BCUT2D eigenvalue weighted by atomic mass is 16.6. The van der Waals surface area contributed by atoms with Crippen molar-refractivity contribution in [1.82, 2.24) is 24.5 Å². The van der Waals surface area contributed by atoms with Gasteiger partial charge in [-0.1, -0.05) is 189 Å². The van der Waals surface area contributed by atoms with Crippen LogP contribution in [0.25, 0.3) is 0 Å². The Hall–Kier alpha value is -7.50. The van der Waals surface area contributed by atoms with Crippen LogP contribution in [0.15, 0.2) is 155 Å².